The van der Waals surface area contributed by atoms with E-state index in [1.807, 2.05) is 61.8 Å². The molecular weight excluding hydrogens is 583 g/mol. The third-order valence-electron chi connectivity index (χ3n) is 6.60. The van der Waals surface area contributed by atoms with E-state index in [9.17, 15) is 9.59 Å². The second kappa shape index (κ2) is 10.9. The molecule has 0 unspecified atom stereocenters. The molecule has 0 aliphatic carbocycles. The number of rotatable bonds is 5. The van der Waals surface area contributed by atoms with Crippen molar-refractivity contribution in [1.82, 2.24) is 14.0 Å². The van der Waals surface area contributed by atoms with Gasteiger partial charge in [-0.15, -0.1) is 11.3 Å². The molecule has 0 fully saturated rings. The Morgan fingerprint density at radius 2 is 1.85 bits per heavy atom. The van der Waals surface area contributed by atoms with Gasteiger partial charge in [0.05, 0.1) is 34.0 Å². The van der Waals surface area contributed by atoms with Gasteiger partial charge in [-0.1, -0.05) is 47.5 Å². The molecule has 1 aliphatic rings. The van der Waals surface area contributed by atoms with Gasteiger partial charge in [-0.3, -0.25) is 14.3 Å². The quantitative estimate of drug-likeness (QED) is 0.258. The number of hydrogen-bond acceptors (Lipinski definition) is 6. The van der Waals surface area contributed by atoms with Gasteiger partial charge in [0, 0.05) is 28.6 Å². The van der Waals surface area contributed by atoms with Gasteiger partial charge in [-0.25, -0.2) is 14.4 Å². The molecule has 0 spiro atoms. The molecule has 1 aliphatic heterocycles. The van der Waals surface area contributed by atoms with Crippen LogP contribution in [0.3, 0.4) is 0 Å². The molecule has 41 heavy (non-hydrogen) atoms. The Balaban J connectivity index is 1.53. The normalized spacial score (nSPS) is 13.4. The number of para-hydroxylation sites is 1. The van der Waals surface area contributed by atoms with Crippen molar-refractivity contribution in [3.63, 3.8) is 0 Å². The van der Waals surface area contributed by atoms with Gasteiger partial charge in [-0.2, -0.15) is 5.10 Å². The number of nitrogens with zero attached hydrogens (tertiary/aromatic N) is 5. The van der Waals surface area contributed by atoms with E-state index in [1.165, 1.54) is 11.3 Å². The van der Waals surface area contributed by atoms with Crippen LogP contribution in [0.25, 0.3) is 16.9 Å². The highest BCUT2D eigenvalue weighted by atomic mass is 35.5. The number of thiazole rings is 1. The Hall–Kier alpha value is -4.38. The summed E-state index contributed by atoms with van der Waals surface area (Å²) >= 11 is 13.8. The number of aromatic nitrogens is 3. The van der Waals surface area contributed by atoms with Crippen LogP contribution in [0, 0.1) is 6.92 Å². The minimum absolute atomic E-state index is 0.0308. The van der Waals surface area contributed by atoms with Crippen LogP contribution in [0.4, 0.5) is 11.4 Å². The van der Waals surface area contributed by atoms with Crippen molar-refractivity contribution in [3.8, 4) is 22.7 Å². The minimum Gasteiger partial charge on any atom is -0.482 e. The van der Waals surface area contributed by atoms with Crippen molar-refractivity contribution in [2.24, 2.45) is 17.1 Å². The zero-order chi connectivity index (χ0) is 28.7. The van der Waals surface area contributed by atoms with Gasteiger partial charge in [0.1, 0.15) is 5.75 Å². The molecule has 1 amide bonds. The largest absolute Gasteiger partial charge is 0.482 e. The summed E-state index contributed by atoms with van der Waals surface area (Å²) in [6.45, 7) is 1.82. The predicted octanol–water partition coefficient (Wildman–Crippen LogP) is 5.77. The van der Waals surface area contributed by atoms with Crippen molar-refractivity contribution in [1.29, 1.82) is 0 Å². The topological polar surface area (TPSA) is 94.9 Å². The van der Waals surface area contributed by atoms with Gasteiger partial charge in [-0.05, 0) is 49.4 Å². The lowest BCUT2D eigenvalue weighted by atomic mass is 10.1. The average Bonchev–Trinajstić information content (AvgIpc) is 3.46. The SMILES string of the molecule is Cc1c(N=c2scc(-c3ccc4c(c3)NC(=O)CO4)n2N=Cc2ccc(Cl)cc2Cl)c(=O)n(-c2ccccc2)n1C. The fraction of sp³-hybridized carbons (Fsp3) is 0.103. The number of anilines is 1. The number of benzene rings is 3. The summed E-state index contributed by atoms with van der Waals surface area (Å²) in [5.41, 5.74) is 4.13. The van der Waals surface area contributed by atoms with Crippen molar-refractivity contribution in [3.05, 3.63) is 109 Å². The van der Waals surface area contributed by atoms with E-state index in [2.05, 4.69) is 5.32 Å². The lowest BCUT2D eigenvalue weighted by molar-refractivity contribution is -0.118. The van der Waals surface area contributed by atoms with Crippen LogP contribution in [0.2, 0.25) is 10.0 Å². The maximum Gasteiger partial charge on any atom is 0.297 e. The van der Waals surface area contributed by atoms with E-state index < -0.39 is 0 Å². The number of amides is 1. The monoisotopic (exact) mass is 604 g/mol. The number of nitrogens with one attached hydrogen (secondary N) is 1. The second-order valence-electron chi connectivity index (χ2n) is 9.20. The van der Waals surface area contributed by atoms with Crippen LogP contribution in [-0.2, 0) is 11.8 Å². The maximum absolute atomic E-state index is 13.6. The summed E-state index contributed by atoms with van der Waals surface area (Å²) < 4.78 is 10.5. The van der Waals surface area contributed by atoms with Crippen LogP contribution in [0.5, 0.6) is 5.75 Å². The van der Waals surface area contributed by atoms with Crippen LogP contribution in [0.1, 0.15) is 11.3 Å². The number of halogens is 2. The van der Waals surface area contributed by atoms with E-state index in [0.29, 0.717) is 48.9 Å². The number of hydrogen-bond donors (Lipinski definition) is 1. The fourth-order valence-corrected chi connectivity index (χ4v) is 5.73. The van der Waals surface area contributed by atoms with Crippen LogP contribution in [-0.4, -0.2) is 32.8 Å². The Morgan fingerprint density at radius 1 is 1.05 bits per heavy atom. The van der Waals surface area contributed by atoms with E-state index in [-0.39, 0.29) is 18.1 Å². The van der Waals surface area contributed by atoms with Crippen LogP contribution >= 0.6 is 34.5 Å². The lowest BCUT2D eigenvalue weighted by Gasteiger charge is -2.18. The van der Waals surface area contributed by atoms with Crippen molar-refractivity contribution in [2.45, 2.75) is 6.92 Å². The third kappa shape index (κ3) is 5.13. The molecule has 0 saturated carbocycles. The lowest BCUT2D eigenvalue weighted by Crippen LogP contribution is -2.25. The summed E-state index contributed by atoms with van der Waals surface area (Å²) in [4.78, 5) is 30.8. The van der Waals surface area contributed by atoms with E-state index in [0.717, 1.165) is 11.3 Å². The first-order valence-corrected chi connectivity index (χ1v) is 14.1. The van der Waals surface area contributed by atoms with Gasteiger partial charge < -0.3 is 10.1 Å². The first-order valence-electron chi connectivity index (χ1n) is 12.5. The Kier molecular flexibility index (Phi) is 7.12. The minimum atomic E-state index is -0.254. The van der Waals surface area contributed by atoms with Gasteiger partial charge in [0.25, 0.3) is 11.5 Å². The summed E-state index contributed by atoms with van der Waals surface area (Å²) in [6, 6.07) is 20.0. The number of fused-ring (bicyclic) bond motifs is 1. The van der Waals surface area contributed by atoms with Crippen molar-refractivity contribution >= 4 is 58.0 Å². The molecule has 3 aromatic carbocycles. The molecule has 0 radical (unpaired) electrons. The van der Waals surface area contributed by atoms with Gasteiger partial charge in [0.2, 0.25) is 4.80 Å². The highest BCUT2D eigenvalue weighted by Crippen LogP contribution is 2.33. The summed E-state index contributed by atoms with van der Waals surface area (Å²) in [7, 11) is 1.82. The van der Waals surface area contributed by atoms with Gasteiger partial charge in [0.15, 0.2) is 12.3 Å². The molecule has 0 saturated heterocycles. The van der Waals surface area contributed by atoms with Gasteiger partial charge >= 0.3 is 0 Å². The summed E-state index contributed by atoms with van der Waals surface area (Å²) in [5.74, 6) is 0.353. The van der Waals surface area contributed by atoms with E-state index >= 15 is 0 Å². The maximum atomic E-state index is 13.6. The first kappa shape index (κ1) is 26.8. The zero-order valence-electron chi connectivity index (χ0n) is 21.8. The molecule has 1 N–H and O–H groups in total. The van der Waals surface area contributed by atoms with Crippen molar-refractivity contribution < 1.29 is 9.53 Å². The number of ether oxygens (including phenoxy) is 1. The average molecular weight is 606 g/mol. The second-order valence-corrected chi connectivity index (χ2v) is 10.9. The highest BCUT2D eigenvalue weighted by Gasteiger charge is 2.19. The summed E-state index contributed by atoms with van der Waals surface area (Å²) in [6.07, 6.45) is 1.61. The predicted molar refractivity (Wildman–Crippen MR) is 162 cm³/mol. The molecule has 9 nitrogen and oxygen atoms in total. The Labute approximate surface area is 248 Å². The Bertz CT molecular complexity index is 1970. The molecule has 2 aromatic heterocycles. The first-order chi connectivity index (χ1) is 19.8. The molecule has 3 heterocycles. The van der Waals surface area contributed by atoms with E-state index in [4.69, 9.17) is 38.0 Å². The highest BCUT2D eigenvalue weighted by molar-refractivity contribution is 7.07. The molecule has 206 valence electrons. The molecule has 5 aromatic rings. The Morgan fingerprint density at radius 3 is 2.63 bits per heavy atom. The molecule has 0 bridgehead atoms. The van der Waals surface area contributed by atoms with Crippen LogP contribution < -0.4 is 20.4 Å². The summed E-state index contributed by atoms with van der Waals surface area (Å²) in [5, 5.41) is 10.4. The van der Waals surface area contributed by atoms with E-state index in [1.54, 1.807) is 44.5 Å². The number of carbonyl (C=O) groups excluding carboxylic acids is 1. The third-order valence-corrected chi connectivity index (χ3v) is 7.98. The fourth-order valence-electron chi connectivity index (χ4n) is 4.43. The molecular formula is C29H22Cl2N6O3S. The molecule has 0 atom stereocenters. The smallest absolute Gasteiger partial charge is 0.297 e. The standard InChI is InChI=1S/C29H22Cl2N6O3S/c1-17-27(28(39)37(35(17)2)21-6-4-3-5-7-21)34-29-36(32-14-19-8-10-20(30)13-22(19)31)24(16-41-29)18-9-11-25-23(12-18)33-26(38)15-40-25/h3-14,16H,15H2,1-2H3,(H,33,38). The van der Waals surface area contributed by atoms with Crippen molar-refractivity contribution in [2.75, 3.05) is 11.9 Å². The molecule has 12 heteroatoms. The molecule has 6 rings (SSSR count). The zero-order valence-corrected chi connectivity index (χ0v) is 24.2. The van der Waals surface area contributed by atoms with Crippen LogP contribution in [0.15, 0.2) is 87.0 Å². The number of carbonyl (C=O) groups is 1.